The third kappa shape index (κ3) is 20.7. The lowest BCUT2D eigenvalue weighted by molar-refractivity contribution is -0.142. The molecule has 1 aliphatic heterocycles. The van der Waals surface area contributed by atoms with Crippen LogP contribution < -0.4 is 54.0 Å². The number of likely N-dealkylation sites (N-methyl/N-ethyl adjacent to an activating group) is 2. The summed E-state index contributed by atoms with van der Waals surface area (Å²) in [6.45, 7) is 16.8. The minimum atomic E-state index is -1.64. The Bertz CT molecular complexity index is 2170. The molecule has 0 saturated carbocycles. The molecule has 2 heterocycles. The van der Waals surface area contributed by atoms with E-state index in [9.17, 15) is 53.1 Å². The zero-order chi connectivity index (χ0) is 57.4. The van der Waals surface area contributed by atoms with Gasteiger partial charge in [0.05, 0.1) is 24.8 Å². The monoisotopic (exact) mass is 1070 g/mol. The van der Waals surface area contributed by atoms with Crippen LogP contribution in [0.1, 0.15) is 130 Å². The van der Waals surface area contributed by atoms with E-state index in [-0.39, 0.29) is 43.4 Å². The Hall–Kier alpha value is -6.92. The molecule has 0 aromatic carbocycles. The smallest absolute Gasteiger partial charge is 0.255 e. The highest BCUT2D eigenvalue weighted by Crippen LogP contribution is 2.21. The highest BCUT2D eigenvalue weighted by atomic mass is 16.3. The van der Waals surface area contributed by atoms with Gasteiger partial charge in [0.25, 0.3) is 5.91 Å². The number of hydrogen-bond donors (Lipinski definition) is 11. The van der Waals surface area contributed by atoms with Crippen molar-refractivity contribution in [2.75, 3.05) is 39.8 Å². The predicted molar refractivity (Wildman–Crippen MR) is 284 cm³/mol. The first-order valence-corrected chi connectivity index (χ1v) is 26.4. The average molecular weight is 1070 g/mol. The SMILES string of the molecule is CCC[C@H](NC(=O)[C@@H](NC(=O)[C@H](NC(=O)[C@@H](NC(=O)CNC(=O)CN(C)C(=O)c1ccc(C)nc1)C(C)C)[C@@H](C)CC)[C@@H](C)O)C(=O)N[C@H](C(=O)N[C@@H](CCCN=C(N)N)C(=O)N1CCC[C@H]1C(=O)NCC)[C@@H](C)CC. The van der Waals surface area contributed by atoms with Gasteiger partial charge in [0.2, 0.25) is 53.2 Å². The van der Waals surface area contributed by atoms with E-state index >= 15 is 0 Å². The summed E-state index contributed by atoms with van der Waals surface area (Å²) < 4.78 is 0. The molecule has 13 N–H and O–H groups in total. The minimum Gasteiger partial charge on any atom is -0.391 e. The largest absolute Gasteiger partial charge is 0.391 e. The zero-order valence-electron chi connectivity index (χ0n) is 46.2. The second kappa shape index (κ2) is 32.5. The van der Waals surface area contributed by atoms with Crippen LogP contribution >= 0.6 is 0 Å². The number of hydrogen-bond acceptors (Lipinski definition) is 13. The summed E-state index contributed by atoms with van der Waals surface area (Å²) in [7, 11) is 1.42. The van der Waals surface area contributed by atoms with Crippen LogP contribution in [0.2, 0.25) is 0 Å². The number of rotatable bonds is 31. The van der Waals surface area contributed by atoms with Crippen LogP contribution in [0.25, 0.3) is 0 Å². The van der Waals surface area contributed by atoms with E-state index in [0.717, 1.165) is 4.90 Å². The fourth-order valence-electron chi connectivity index (χ4n) is 8.28. The van der Waals surface area contributed by atoms with Gasteiger partial charge in [-0.25, -0.2) is 0 Å². The maximum Gasteiger partial charge on any atom is 0.255 e. The van der Waals surface area contributed by atoms with Crippen molar-refractivity contribution in [2.24, 2.45) is 34.2 Å². The molecule has 426 valence electrons. The number of carbonyl (C=O) groups excluding carboxylic acids is 10. The van der Waals surface area contributed by atoms with Crippen molar-refractivity contribution in [3.05, 3.63) is 29.6 Å². The van der Waals surface area contributed by atoms with E-state index in [1.165, 1.54) is 25.1 Å². The van der Waals surface area contributed by atoms with Crippen molar-refractivity contribution >= 4 is 65.0 Å². The fourth-order valence-corrected chi connectivity index (χ4v) is 8.28. The summed E-state index contributed by atoms with van der Waals surface area (Å²) in [4.78, 5) is 146. The Morgan fingerprint density at radius 2 is 1.30 bits per heavy atom. The summed E-state index contributed by atoms with van der Waals surface area (Å²) >= 11 is 0. The van der Waals surface area contributed by atoms with Gasteiger partial charge in [-0.1, -0.05) is 67.7 Å². The molecule has 76 heavy (non-hydrogen) atoms. The second-order valence-electron chi connectivity index (χ2n) is 19.8. The number of nitrogens with one attached hydrogen (secondary N) is 8. The van der Waals surface area contributed by atoms with Gasteiger partial charge < -0.3 is 68.9 Å². The molecule has 0 spiro atoms. The number of amides is 10. The first kappa shape index (κ1) is 65.2. The van der Waals surface area contributed by atoms with Crippen molar-refractivity contribution in [1.29, 1.82) is 0 Å². The average Bonchev–Trinajstić information content (AvgIpc) is 3.87. The Labute approximate surface area is 446 Å². The van der Waals surface area contributed by atoms with Gasteiger partial charge in [-0.05, 0) is 82.8 Å². The lowest BCUT2D eigenvalue weighted by Gasteiger charge is -2.32. The second-order valence-corrected chi connectivity index (χ2v) is 19.8. The van der Waals surface area contributed by atoms with Gasteiger partial charge in [0, 0.05) is 38.6 Å². The molecule has 0 bridgehead atoms. The number of aromatic nitrogens is 1. The van der Waals surface area contributed by atoms with Crippen molar-refractivity contribution in [3.63, 3.8) is 0 Å². The lowest BCUT2D eigenvalue weighted by atomic mass is 9.95. The molecule has 10 atom stereocenters. The molecule has 25 nitrogen and oxygen atoms in total. The molecule has 25 heteroatoms. The van der Waals surface area contributed by atoms with Crippen LogP contribution in [0, 0.1) is 24.7 Å². The summed E-state index contributed by atoms with van der Waals surface area (Å²) in [6.07, 6.45) is 2.56. The van der Waals surface area contributed by atoms with Gasteiger partial charge in [-0.15, -0.1) is 0 Å². The van der Waals surface area contributed by atoms with E-state index in [1.807, 2.05) is 6.92 Å². The van der Waals surface area contributed by atoms with E-state index in [4.69, 9.17) is 11.5 Å². The number of aliphatic hydroxyl groups excluding tert-OH is 1. The maximum absolute atomic E-state index is 14.2. The summed E-state index contributed by atoms with van der Waals surface area (Å²) in [6, 6.07) is -5.16. The van der Waals surface area contributed by atoms with Crippen LogP contribution in [-0.2, 0) is 43.2 Å². The van der Waals surface area contributed by atoms with Crippen molar-refractivity contribution in [3.8, 4) is 0 Å². The van der Waals surface area contributed by atoms with E-state index in [2.05, 4.69) is 52.5 Å². The van der Waals surface area contributed by atoms with Crippen LogP contribution in [0.3, 0.4) is 0 Å². The molecular weight excluding hydrogens is 985 g/mol. The molecule has 0 unspecified atom stereocenters. The van der Waals surface area contributed by atoms with Crippen molar-refractivity contribution in [1.82, 2.24) is 57.3 Å². The third-order valence-electron chi connectivity index (χ3n) is 13.2. The summed E-state index contributed by atoms with van der Waals surface area (Å²) in [5, 5.41) is 32.1. The summed E-state index contributed by atoms with van der Waals surface area (Å²) in [5.74, 6) is -8.22. The molecule has 2 rings (SSSR count). The van der Waals surface area contributed by atoms with Gasteiger partial charge in [0.15, 0.2) is 5.96 Å². The molecule has 1 aromatic rings. The molecule has 1 aliphatic rings. The van der Waals surface area contributed by atoms with Crippen LogP contribution in [0.4, 0.5) is 0 Å². The van der Waals surface area contributed by atoms with Gasteiger partial charge in [-0.3, -0.25) is 57.9 Å². The quantitative estimate of drug-likeness (QED) is 0.0232. The topological polar surface area (TPSA) is 371 Å². The van der Waals surface area contributed by atoms with Gasteiger partial charge >= 0.3 is 0 Å². The number of aryl methyl sites for hydroxylation is 1. The molecular formula is C51H86N14O11. The molecule has 1 aromatic heterocycles. The van der Waals surface area contributed by atoms with E-state index in [1.54, 1.807) is 67.5 Å². The van der Waals surface area contributed by atoms with Crippen LogP contribution in [0.5, 0.6) is 0 Å². The molecule has 0 radical (unpaired) electrons. The molecule has 0 aliphatic carbocycles. The van der Waals surface area contributed by atoms with Gasteiger partial charge in [-0.2, -0.15) is 0 Å². The van der Waals surface area contributed by atoms with Crippen LogP contribution in [0.15, 0.2) is 23.3 Å². The number of aliphatic imine (C=N–C) groups is 1. The number of carbonyl (C=O) groups is 10. The highest BCUT2D eigenvalue weighted by Gasteiger charge is 2.40. The first-order chi connectivity index (χ1) is 35.8. The molecule has 1 fully saturated rings. The van der Waals surface area contributed by atoms with E-state index in [0.29, 0.717) is 57.3 Å². The zero-order valence-corrected chi connectivity index (χ0v) is 46.2. The third-order valence-corrected chi connectivity index (χ3v) is 13.2. The normalized spacial score (nSPS) is 16.6. The lowest BCUT2D eigenvalue weighted by Crippen LogP contribution is -2.63. The van der Waals surface area contributed by atoms with Crippen molar-refractivity contribution in [2.45, 2.75) is 169 Å². The highest BCUT2D eigenvalue weighted by molar-refractivity contribution is 5.99. The number of nitrogens with zero attached hydrogens (tertiary/aromatic N) is 4. The Balaban J connectivity index is 2.23. The van der Waals surface area contributed by atoms with E-state index < -0.39 is 126 Å². The van der Waals surface area contributed by atoms with Crippen LogP contribution in [-0.4, -0.2) is 173 Å². The Morgan fingerprint density at radius 1 is 0.737 bits per heavy atom. The number of nitrogens with two attached hydrogens (primary N) is 2. The Morgan fingerprint density at radius 3 is 1.84 bits per heavy atom. The summed E-state index contributed by atoms with van der Waals surface area (Å²) in [5.41, 5.74) is 12.0. The molecule has 1 saturated heterocycles. The first-order valence-electron chi connectivity index (χ1n) is 26.4. The maximum atomic E-state index is 14.2. The number of likely N-dealkylation sites (tertiary alicyclic amines) is 1. The predicted octanol–water partition coefficient (Wildman–Crippen LogP) is -1.40. The Kier molecular flexibility index (Phi) is 27.9. The minimum absolute atomic E-state index is 0.0785. The van der Waals surface area contributed by atoms with Crippen molar-refractivity contribution < 1.29 is 53.1 Å². The number of aliphatic hydroxyl groups is 1. The number of guanidine groups is 1. The van der Waals surface area contributed by atoms with Gasteiger partial charge in [0.1, 0.15) is 42.3 Å². The standard InChI is InChI=1S/C51H86N14O11/c1-12-18-34(43(69)61-40(29(7)13-2)46(72)59-35(19-16-23-55-51(52)53)50(76)65-24-17-20-36(65)44(70)54-15-4)58-48(74)42(32(10)66)63-47(73)41(30(8)14-3)62-45(71)39(28(5)6)60-37(67)26-57-38(68)27-64(11)49(75)33-22-21-31(9)56-25-33/h21-22,25,28-30,32,34-36,39-42,66H,12-20,23-24,26-27H2,1-11H3,(H,54,70)(H,57,68)(H,58,74)(H,59,72)(H,60,67)(H,61,69)(H,62,71)(H,63,73)(H4,52,53,55)/t29-,30-,32+,34-,35-,36-,39-,40-,41+,42-/m0/s1. The number of pyridine rings is 1. The molecule has 10 amide bonds. The fraction of sp³-hybridized carbons (Fsp3) is 0.686.